The van der Waals surface area contributed by atoms with Gasteiger partial charge in [0.1, 0.15) is 0 Å². The lowest BCUT2D eigenvalue weighted by atomic mass is 10.0. The molecule has 0 aliphatic carbocycles. The van der Waals surface area contributed by atoms with Gasteiger partial charge in [0.15, 0.2) is 0 Å². The highest BCUT2D eigenvalue weighted by Gasteiger charge is 2.18. The zero-order valence-electron chi connectivity index (χ0n) is 43.5. The van der Waals surface area contributed by atoms with Gasteiger partial charge in [-0.3, -0.25) is 9.59 Å². The van der Waals surface area contributed by atoms with Gasteiger partial charge in [0.05, 0.1) is 25.4 Å². The van der Waals surface area contributed by atoms with Crippen LogP contribution in [0.2, 0.25) is 0 Å². The number of unbranched alkanes of at least 4 members (excludes halogenated alkanes) is 38. The lowest BCUT2D eigenvalue weighted by Crippen LogP contribution is -2.45. The highest BCUT2D eigenvalue weighted by molar-refractivity contribution is 5.76. The number of hydrogen-bond acceptors (Lipinski definition) is 5. The number of carbonyl (C=O) groups excluding carboxylic acids is 2. The average Bonchev–Trinajstić information content (AvgIpc) is 3.31. The molecule has 0 aromatic heterocycles. The number of amides is 1. The smallest absolute Gasteiger partial charge is 0.305 e. The van der Waals surface area contributed by atoms with E-state index in [4.69, 9.17) is 4.74 Å². The molecule has 0 rings (SSSR count). The Morgan fingerprint density at radius 1 is 0.431 bits per heavy atom. The van der Waals surface area contributed by atoms with Gasteiger partial charge in [-0.2, -0.15) is 0 Å². The third-order valence-corrected chi connectivity index (χ3v) is 13.2. The van der Waals surface area contributed by atoms with E-state index in [-0.39, 0.29) is 18.5 Å². The molecule has 0 saturated carbocycles. The summed E-state index contributed by atoms with van der Waals surface area (Å²) in [6.45, 7) is 4.84. The molecule has 0 bridgehead atoms. The monoisotopic (exact) mass is 914 g/mol. The molecule has 0 aliphatic rings. The molecule has 0 aliphatic heterocycles. The summed E-state index contributed by atoms with van der Waals surface area (Å²) in [5.41, 5.74) is 0. The Labute approximate surface area is 404 Å². The molecule has 65 heavy (non-hydrogen) atoms. The SMILES string of the molecule is CCCCC/C=C\C/C=C\CCCCCCCCCC(=O)OCCCCCCCCCCCCCC(=O)NC(CO)C(O)/C=C/CCCCCCCCCCCCCCCCCCCC. The van der Waals surface area contributed by atoms with Crippen molar-refractivity contribution >= 4 is 11.9 Å². The average molecular weight is 915 g/mol. The van der Waals surface area contributed by atoms with E-state index in [1.807, 2.05) is 6.08 Å². The molecule has 2 unspecified atom stereocenters. The maximum Gasteiger partial charge on any atom is 0.305 e. The van der Waals surface area contributed by atoms with Crippen LogP contribution >= 0.6 is 0 Å². The molecule has 2 atom stereocenters. The summed E-state index contributed by atoms with van der Waals surface area (Å²) in [6, 6.07) is -0.644. The van der Waals surface area contributed by atoms with Crippen LogP contribution < -0.4 is 5.32 Å². The normalized spacial score (nSPS) is 12.9. The highest BCUT2D eigenvalue weighted by Crippen LogP contribution is 2.16. The lowest BCUT2D eigenvalue weighted by Gasteiger charge is -2.20. The Hall–Kier alpha value is -1.92. The van der Waals surface area contributed by atoms with Crippen LogP contribution in [-0.4, -0.2) is 47.4 Å². The van der Waals surface area contributed by atoms with Crippen LogP contribution in [0.4, 0.5) is 0 Å². The second-order valence-corrected chi connectivity index (χ2v) is 19.6. The molecule has 0 saturated heterocycles. The van der Waals surface area contributed by atoms with E-state index in [1.165, 1.54) is 212 Å². The van der Waals surface area contributed by atoms with Crippen LogP contribution in [0, 0.1) is 0 Å². The Morgan fingerprint density at radius 2 is 0.769 bits per heavy atom. The Kier molecular flexibility index (Phi) is 53.1. The van der Waals surface area contributed by atoms with Gasteiger partial charge in [-0.05, 0) is 64.2 Å². The van der Waals surface area contributed by atoms with Crippen LogP contribution in [0.25, 0.3) is 0 Å². The van der Waals surface area contributed by atoms with Crippen LogP contribution in [0.5, 0.6) is 0 Å². The summed E-state index contributed by atoms with van der Waals surface area (Å²) in [7, 11) is 0. The van der Waals surface area contributed by atoms with Crippen molar-refractivity contribution in [2.75, 3.05) is 13.2 Å². The van der Waals surface area contributed by atoms with E-state index in [1.54, 1.807) is 6.08 Å². The molecule has 382 valence electrons. The molecule has 6 heteroatoms. The third-order valence-electron chi connectivity index (χ3n) is 13.2. The number of nitrogens with one attached hydrogen (secondary N) is 1. The predicted octanol–water partition coefficient (Wildman–Crippen LogP) is 17.6. The molecule has 0 aromatic carbocycles. The van der Waals surface area contributed by atoms with Crippen molar-refractivity contribution in [3.05, 3.63) is 36.5 Å². The summed E-state index contributed by atoms with van der Waals surface area (Å²) in [4.78, 5) is 24.5. The van der Waals surface area contributed by atoms with E-state index in [0.29, 0.717) is 19.4 Å². The van der Waals surface area contributed by atoms with E-state index in [9.17, 15) is 19.8 Å². The van der Waals surface area contributed by atoms with Gasteiger partial charge in [0.25, 0.3) is 0 Å². The van der Waals surface area contributed by atoms with Gasteiger partial charge in [0, 0.05) is 12.8 Å². The van der Waals surface area contributed by atoms with Crippen molar-refractivity contribution < 1.29 is 24.5 Å². The standard InChI is InChI=1S/C59H111NO5/c1-3-5-7-9-11-13-15-17-19-21-22-23-25-26-28-31-35-39-43-47-51-57(62)56(55-61)60-58(63)52-48-44-40-36-32-30-34-38-42-46-50-54-65-59(64)53-49-45-41-37-33-29-27-24-20-18-16-14-12-10-8-6-4-2/h12,14,18,20,47,51,56-57,61-62H,3-11,13,15-17,19,21-46,48-50,52-55H2,1-2H3,(H,60,63)/b14-12-,20-18-,51-47+. The number of allylic oxidation sites excluding steroid dienone is 5. The maximum atomic E-state index is 12.5. The quantitative estimate of drug-likeness (QED) is 0.0321. The number of carbonyl (C=O) groups is 2. The number of rotatable bonds is 53. The first-order valence-corrected chi connectivity index (χ1v) is 28.8. The second-order valence-electron chi connectivity index (χ2n) is 19.6. The first-order valence-electron chi connectivity index (χ1n) is 28.8. The molecule has 0 aromatic rings. The minimum Gasteiger partial charge on any atom is -0.466 e. The van der Waals surface area contributed by atoms with Crippen molar-refractivity contribution in [1.29, 1.82) is 0 Å². The summed E-state index contributed by atoms with van der Waals surface area (Å²) < 4.78 is 5.47. The number of esters is 1. The highest BCUT2D eigenvalue weighted by atomic mass is 16.5. The van der Waals surface area contributed by atoms with Gasteiger partial charge in [0.2, 0.25) is 5.91 Å². The molecule has 0 spiro atoms. The van der Waals surface area contributed by atoms with Crippen LogP contribution in [0.3, 0.4) is 0 Å². The van der Waals surface area contributed by atoms with E-state index >= 15 is 0 Å². The zero-order chi connectivity index (χ0) is 47.2. The van der Waals surface area contributed by atoms with Crippen LogP contribution in [0.15, 0.2) is 36.5 Å². The number of aliphatic hydroxyl groups is 2. The van der Waals surface area contributed by atoms with Gasteiger partial charge >= 0.3 is 5.97 Å². The molecule has 0 fully saturated rings. The molecule has 0 radical (unpaired) electrons. The summed E-state index contributed by atoms with van der Waals surface area (Å²) in [5.74, 6) is -0.109. The van der Waals surface area contributed by atoms with E-state index in [0.717, 1.165) is 64.2 Å². The van der Waals surface area contributed by atoms with Crippen molar-refractivity contribution in [2.24, 2.45) is 0 Å². The van der Waals surface area contributed by atoms with Gasteiger partial charge in [-0.25, -0.2) is 0 Å². The Bertz CT molecular complexity index is 1060. The zero-order valence-corrected chi connectivity index (χ0v) is 43.5. The molecular weight excluding hydrogens is 803 g/mol. The maximum absolute atomic E-state index is 12.5. The summed E-state index contributed by atoms with van der Waals surface area (Å²) >= 11 is 0. The van der Waals surface area contributed by atoms with Gasteiger partial charge in [-0.15, -0.1) is 0 Å². The third kappa shape index (κ3) is 51.3. The minimum absolute atomic E-state index is 0.0229. The molecule has 6 nitrogen and oxygen atoms in total. The molecular formula is C59H111NO5. The molecule has 0 heterocycles. The first-order chi connectivity index (χ1) is 32.0. The van der Waals surface area contributed by atoms with Crippen molar-refractivity contribution in [2.45, 2.75) is 315 Å². The molecule has 1 amide bonds. The fourth-order valence-electron chi connectivity index (χ4n) is 8.72. The number of hydrogen-bond donors (Lipinski definition) is 3. The van der Waals surface area contributed by atoms with Gasteiger partial charge in [-0.1, -0.05) is 262 Å². The van der Waals surface area contributed by atoms with Crippen LogP contribution in [-0.2, 0) is 14.3 Å². The van der Waals surface area contributed by atoms with Crippen molar-refractivity contribution in [3.8, 4) is 0 Å². The van der Waals surface area contributed by atoms with Crippen molar-refractivity contribution in [3.63, 3.8) is 0 Å². The topological polar surface area (TPSA) is 95.9 Å². The first kappa shape index (κ1) is 63.1. The summed E-state index contributed by atoms with van der Waals surface area (Å²) in [6.07, 6.45) is 67.2. The molecule has 3 N–H and O–H groups in total. The van der Waals surface area contributed by atoms with Crippen molar-refractivity contribution in [1.82, 2.24) is 5.32 Å². The largest absolute Gasteiger partial charge is 0.466 e. The minimum atomic E-state index is -0.858. The van der Waals surface area contributed by atoms with Gasteiger partial charge < -0.3 is 20.3 Å². The Morgan fingerprint density at radius 3 is 1.20 bits per heavy atom. The van der Waals surface area contributed by atoms with Crippen LogP contribution in [0.1, 0.15) is 303 Å². The second kappa shape index (κ2) is 54.7. The fraction of sp³-hybridized carbons (Fsp3) is 0.864. The Balaban J connectivity index is 3.50. The summed E-state index contributed by atoms with van der Waals surface area (Å²) in [5, 5.41) is 23.1. The van der Waals surface area contributed by atoms with E-state index < -0.39 is 12.1 Å². The number of aliphatic hydroxyl groups excluding tert-OH is 2. The fourth-order valence-corrected chi connectivity index (χ4v) is 8.72. The number of ether oxygens (including phenoxy) is 1. The predicted molar refractivity (Wildman–Crippen MR) is 283 cm³/mol. The van der Waals surface area contributed by atoms with E-state index in [2.05, 4.69) is 43.5 Å². The lowest BCUT2D eigenvalue weighted by molar-refractivity contribution is -0.143.